The Bertz CT molecular complexity index is 728. The van der Waals surface area contributed by atoms with Gasteiger partial charge in [0.1, 0.15) is 5.75 Å². The third-order valence-electron chi connectivity index (χ3n) is 3.62. The summed E-state index contributed by atoms with van der Waals surface area (Å²) in [6.45, 7) is 1.28. The Kier molecular flexibility index (Phi) is 8.46. The molecule has 0 saturated carbocycles. The van der Waals surface area contributed by atoms with Crippen molar-refractivity contribution in [3.05, 3.63) is 54.4 Å². The average molecular weight is 353 g/mol. The van der Waals surface area contributed by atoms with Gasteiger partial charge in [-0.1, -0.05) is 18.2 Å². The third-order valence-corrected chi connectivity index (χ3v) is 3.62. The molecule has 1 aromatic heterocycles. The molecule has 2 aromatic rings. The summed E-state index contributed by atoms with van der Waals surface area (Å²) in [5, 5.41) is 24.2. The van der Waals surface area contributed by atoms with E-state index in [4.69, 9.17) is 10.00 Å². The molecule has 0 aliphatic rings. The predicted molar refractivity (Wildman–Crippen MR) is 101 cm³/mol. The molecule has 0 bridgehead atoms. The van der Waals surface area contributed by atoms with Crippen molar-refractivity contribution in [1.29, 1.82) is 5.26 Å². The molecule has 0 aliphatic carbocycles. The number of guanidine groups is 1. The zero-order valence-electron chi connectivity index (χ0n) is 14.6. The number of nitrogens with one attached hydrogen (secondary N) is 2. The second-order valence-electron chi connectivity index (χ2n) is 5.52. The van der Waals surface area contributed by atoms with Gasteiger partial charge < -0.3 is 20.5 Å². The van der Waals surface area contributed by atoms with Crippen LogP contribution < -0.4 is 15.4 Å². The van der Waals surface area contributed by atoms with E-state index in [2.05, 4.69) is 20.6 Å². The van der Waals surface area contributed by atoms with Crippen molar-refractivity contribution >= 4 is 11.6 Å². The Hall–Kier alpha value is -3.11. The SMILES string of the molecule is N#C/N=C(\NCCCCCOc1ccccc1CO)Nc1ccncc1. The van der Waals surface area contributed by atoms with Gasteiger partial charge in [-0.05, 0) is 37.5 Å². The number of pyridine rings is 1. The minimum absolute atomic E-state index is 0.0222. The van der Waals surface area contributed by atoms with Crippen LogP contribution >= 0.6 is 0 Å². The van der Waals surface area contributed by atoms with E-state index >= 15 is 0 Å². The summed E-state index contributed by atoms with van der Waals surface area (Å²) in [7, 11) is 0. The van der Waals surface area contributed by atoms with Gasteiger partial charge in [0.05, 0.1) is 13.2 Å². The number of para-hydroxylation sites is 1. The minimum atomic E-state index is -0.0222. The number of aliphatic hydroxyl groups excluding tert-OH is 1. The molecule has 0 atom stereocenters. The number of benzene rings is 1. The summed E-state index contributed by atoms with van der Waals surface area (Å²) in [5.41, 5.74) is 1.62. The van der Waals surface area contributed by atoms with E-state index in [0.717, 1.165) is 36.3 Å². The van der Waals surface area contributed by atoms with E-state index in [9.17, 15) is 5.11 Å². The molecule has 0 radical (unpaired) electrons. The Labute approximate surface area is 153 Å². The maximum atomic E-state index is 9.26. The van der Waals surface area contributed by atoms with Crippen molar-refractivity contribution in [3.63, 3.8) is 0 Å². The smallest absolute Gasteiger partial charge is 0.211 e. The molecule has 0 unspecified atom stereocenters. The van der Waals surface area contributed by atoms with Gasteiger partial charge >= 0.3 is 0 Å². The van der Waals surface area contributed by atoms with Crippen LogP contribution in [0.2, 0.25) is 0 Å². The second-order valence-corrected chi connectivity index (χ2v) is 5.52. The van der Waals surface area contributed by atoms with Crippen molar-refractivity contribution < 1.29 is 9.84 Å². The fourth-order valence-corrected chi connectivity index (χ4v) is 2.30. The van der Waals surface area contributed by atoms with E-state index in [1.807, 2.05) is 24.3 Å². The Morgan fingerprint density at radius 2 is 1.96 bits per heavy atom. The van der Waals surface area contributed by atoms with Crippen molar-refractivity contribution in [1.82, 2.24) is 10.3 Å². The fourth-order valence-electron chi connectivity index (χ4n) is 2.30. The van der Waals surface area contributed by atoms with Crippen molar-refractivity contribution in [3.8, 4) is 11.9 Å². The maximum Gasteiger partial charge on any atom is 0.211 e. The van der Waals surface area contributed by atoms with E-state index in [-0.39, 0.29) is 6.61 Å². The zero-order chi connectivity index (χ0) is 18.5. The first kappa shape index (κ1) is 19.2. The highest BCUT2D eigenvalue weighted by atomic mass is 16.5. The molecular formula is C19H23N5O2. The Balaban J connectivity index is 1.63. The number of aliphatic hydroxyl groups is 1. The quantitative estimate of drug-likeness (QED) is 0.277. The normalized spacial score (nSPS) is 10.8. The highest BCUT2D eigenvalue weighted by Gasteiger charge is 2.02. The van der Waals surface area contributed by atoms with E-state index in [1.54, 1.807) is 30.7 Å². The number of hydrogen-bond donors (Lipinski definition) is 3. The summed E-state index contributed by atoms with van der Waals surface area (Å²) in [6, 6.07) is 11.1. The van der Waals surface area contributed by atoms with E-state index < -0.39 is 0 Å². The molecule has 2 rings (SSSR count). The molecule has 0 fully saturated rings. The van der Waals surface area contributed by atoms with Crippen molar-refractivity contribution in [2.75, 3.05) is 18.5 Å². The lowest BCUT2D eigenvalue weighted by Gasteiger charge is -2.11. The van der Waals surface area contributed by atoms with E-state index in [0.29, 0.717) is 19.1 Å². The molecule has 26 heavy (non-hydrogen) atoms. The van der Waals surface area contributed by atoms with Gasteiger partial charge in [-0.25, -0.2) is 0 Å². The first-order valence-electron chi connectivity index (χ1n) is 8.52. The first-order chi connectivity index (χ1) is 12.8. The van der Waals surface area contributed by atoms with Gasteiger partial charge in [-0.15, -0.1) is 4.99 Å². The minimum Gasteiger partial charge on any atom is -0.493 e. The largest absolute Gasteiger partial charge is 0.493 e. The number of ether oxygens (including phenoxy) is 1. The number of nitriles is 1. The predicted octanol–water partition coefficient (Wildman–Crippen LogP) is 2.66. The Morgan fingerprint density at radius 3 is 2.73 bits per heavy atom. The van der Waals surface area contributed by atoms with Crippen LogP contribution in [0, 0.1) is 11.5 Å². The number of hydrogen-bond acceptors (Lipinski definition) is 5. The van der Waals surface area contributed by atoms with Crippen molar-refractivity contribution in [2.24, 2.45) is 4.99 Å². The second kappa shape index (κ2) is 11.4. The standard InChI is InChI=1S/C19H23N5O2/c20-15-23-19(24-17-8-11-21-12-9-17)22-10-4-1-5-13-26-18-7-3-2-6-16(18)14-25/h2-3,6-9,11-12,25H,1,4-5,10,13-14H2,(H2,21,22,23,24). The summed E-state index contributed by atoms with van der Waals surface area (Å²) in [5.74, 6) is 1.16. The van der Waals surface area contributed by atoms with E-state index in [1.165, 1.54) is 0 Å². The first-order valence-corrected chi connectivity index (χ1v) is 8.52. The number of nitrogens with zero attached hydrogens (tertiary/aromatic N) is 3. The van der Waals surface area contributed by atoms with Gasteiger partial charge in [0, 0.05) is 30.2 Å². The molecule has 136 valence electrons. The van der Waals surface area contributed by atoms with Crippen LogP contribution in [0.15, 0.2) is 53.8 Å². The number of unbranched alkanes of at least 4 members (excludes halogenated alkanes) is 2. The van der Waals surface area contributed by atoms with Gasteiger partial charge in [0.2, 0.25) is 12.2 Å². The van der Waals surface area contributed by atoms with Gasteiger partial charge in [-0.2, -0.15) is 5.26 Å². The van der Waals surface area contributed by atoms with Crippen LogP contribution in [0.25, 0.3) is 0 Å². The van der Waals surface area contributed by atoms with Crippen LogP contribution in [0.3, 0.4) is 0 Å². The molecule has 1 aromatic carbocycles. The molecule has 0 spiro atoms. The number of rotatable bonds is 9. The fraction of sp³-hybridized carbons (Fsp3) is 0.316. The zero-order valence-corrected chi connectivity index (χ0v) is 14.6. The van der Waals surface area contributed by atoms with Gasteiger partial charge in [0.15, 0.2) is 0 Å². The summed E-state index contributed by atoms with van der Waals surface area (Å²) in [6.07, 6.45) is 7.93. The van der Waals surface area contributed by atoms with Crippen LogP contribution in [0.4, 0.5) is 5.69 Å². The molecule has 7 heteroatoms. The number of anilines is 1. The lowest BCUT2D eigenvalue weighted by atomic mass is 10.2. The lowest BCUT2D eigenvalue weighted by molar-refractivity contribution is 0.260. The van der Waals surface area contributed by atoms with Gasteiger partial charge in [-0.3, -0.25) is 4.98 Å². The van der Waals surface area contributed by atoms with Gasteiger partial charge in [0.25, 0.3) is 0 Å². The molecular weight excluding hydrogens is 330 g/mol. The number of aromatic nitrogens is 1. The topological polar surface area (TPSA) is 103 Å². The highest BCUT2D eigenvalue weighted by Crippen LogP contribution is 2.17. The molecule has 0 saturated heterocycles. The monoisotopic (exact) mass is 353 g/mol. The number of aliphatic imine (C=N–C) groups is 1. The molecule has 7 nitrogen and oxygen atoms in total. The Morgan fingerprint density at radius 1 is 1.15 bits per heavy atom. The average Bonchev–Trinajstić information content (AvgIpc) is 2.68. The molecule has 3 N–H and O–H groups in total. The van der Waals surface area contributed by atoms with Crippen LogP contribution in [-0.4, -0.2) is 29.2 Å². The lowest BCUT2D eigenvalue weighted by Crippen LogP contribution is -2.31. The van der Waals surface area contributed by atoms with Crippen molar-refractivity contribution in [2.45, 2.75) is 25.9 Å². The highest BCUT2D eigenvalue weighted by molar-refractivity contribution is 5.94. The molecule has 1 heterocycles. The molecule has 0 aliphatic heterocycles. The third kappa shape index (κ3) is 6.79. The summed E-state index contributed by atoms with van der Waals surface area (Å²) in [4.78, 5) is 7.69. The van der Waals surface area contributed by atoms with Crippen LogP contribution in [0.5, 0.6) is 5.75 Å². The summed E-state index contributed by atoms with van der Waals surface area (Å²) < 4.78 is 5.71. The molecule has 0 amide bonds. The summed E-state index contributed by atoms with van der Waals surface area (Å²) >= 11 is 0. The maximum absolute atomic E-state index is 9.26. The van der Waals surface area contributed by atoms with Crippen LogP contribution in [0.1, 0.15) is 24.8 Å². The van der Waals surface area contributed by atoms with Crippen LogP contribution in [-0.2, 0) is 6.61 Å².